The Morgan fingerprint density at radius 2 is 1.88 bits per heavy atom. The van der Waals surface area contributed by atoms with E-state index in [9.17, 15) is 4.39 Å². The summed E-state index contributed by atoms with van der Waals surface area (Å²) in [6.07, 6.45) is 0. The van der Waals surface area contributed by atoms with Crippen LogP contribution >= 0.6 is 0 Å². The van der Waals surface area contributed by atoms with Crippen molar-refractivity contribution in [2.45, 2.75) is 32.7 Å². The van der Waals surface area contributed by atoms with Crippen LogP contribution in [0.4, 0.5) is 4.39 Å². The minimum atomic E-state index is -0.247. The van der Waals surface area contributed by atoms with Gasteiger partial charge in [-0.15, -0.1) is 0 Å². The van der Waals surface area contributed by atoms with Crippen LogP contribution in [0, 0.1) is 11.7 Å². The lowest BCUT2D eigenvalue weighted by Gasteiger charge is -2.25. The highest BCUT2D eigenvalue weighted by molar-refractivity contribution is 5.38. The van der Waals surface area contributed by atoms with Gasteiger partial charge in [0, 0.05) is 17.5 Å². The quantitative estimate of drug-likeness (QED) is 0.855. The zero-order valence-corrected chi connectivity index (χ0v) is 10.3. The van der Waals surface area contributed by atoms with Crippen molar-refractivity contribution < 1.29 is 9.13 Å². The van der Waals surface area contributed by atoms with Gasteiger partial charge < -0.3 is 10.5 Å². The molecule has 0 spiro atoms. The number of hydrogen-bond acceptors (Lipinski definition) is 2. The van der Waals surface area contributed by atoms with Crippen molar-refractivity contribution in [2.24, 2.45) is 11.7 Å². The lowest BCUT2D eigenvalue weighted by Crippen LogP contribution is -2.32. The number of rotatable bonds is 4. The third-order valence-corrected chi connectivity index (χ3v) is 3.04. The smallest absolute Gasteiger partial charge is 0.130 e. The highest BCUT2D eigenvalue weighted by Crippen LogP contribution is 2.32. The van der Waals surface area contributed by atoms with Crippen LogP contribution in [0.3, 0.4) is 0 Å². The Morgan fingerprint density at radius 3 is 2.38 bits per heavy atom. The molecule has 0 fully saturated rings. The van der Waals surface area contributed by atoms with Gasteiger partial charge >= 0.3 is 0 Å². The van der Waals surface area contributed by atoms with E-state index >= 15 is 0 Å². The summed E-state index contributed by atoms with van der Waals surface area (Å²) in [5, 5.41) is 0. The van der Waals surface area contributed by atoms with Crippen molar-refractivity contribution in [3.63, 3.8) is 0 Å². The van der Waals surface area contributed by atoms with Gasteiger partial charge in [-0.3, -0.25) is 0 Å². The van der Waals surface area contributed by atoms with Gasteiger partial charge in [-0.25, -0.2) is 4.39 Å². The van der Waals surface area contributed by atoms with Crippen molar-refractivity contribution in [3.05, 3.63) is 29.6 Å². The van der Waals surface area contributed by atoms with E-state index in [2.05, 4.69) is 0 Å². The molecule has 0 heterocycles. The van der Waals surface area contributed by atoms with E-state index in [0.29, 0.717) is 17.2 Å². The molecule has 0 aliphatic rings. The van der Waals surface area contributed by atoms with Crippen molar-refractivity contribution in [1.29, 1.82) is 0 Å². The molecule has 3 heteroatoms. The maximum atomic E-state index is 13.8. The molecule has 2 unspecified atom stereocenters. The van der Waals surface area contributed by atoms with Crippen LogP contribution in [-0.4, -0.2) is 13.2 Å². The van der Waals surface area contributed by atoms with Crippen molar-refractivity contribution in [2.75, 3.05) is 7.11 Å². The van der Waals surface area contributed by atoms with Gasteiger partial charge in [-0.05, 0) is 18.1 Å². The molecule has 90 valence electrons. The van der Waals surface area contributed by atoms with Gasteiger partial charge in [0.25, 0.3) is 0 Å². The van der Waals surface area contributed by atoms with E-state index < -0.39 is 0 Å². The largest absolute Gasteiger partial charge is 0.496 e. The Morgan fingerprint density at radius 1 is 1.25 bits per heavy atom. The molecule has 1 aromatic rings. The summed E-state index contributed by atoms with van der Waals surface area (Å²) < 4.78 is 19.0. The molecule has 0 amide bonds. The SMILES string of the molecule is COc1cccc(F)c1C(C)C(N)C(C)C. The minimum absolute atomic E-state index is 0.0591. The minimum Gasteiger partial charge on any atom is -0.496 e. The molecule has 0 aliphatic carbocycles. The predicted octanol–water partition coefficient (Wildman–Crippen LogP) is 2.92. The number of halogens is 1. The topological polar surface area (TPSA) is 35.2 Å². The lowest BCUT2D eigenvalue weighted by molar-refractivity contribution is 0.377. The Bertz CT molecular complexity index is 352. The predicted molar refractivity (Wildman–Crippen MR) is 64.2 cm³/mol. The molecule has 0 radical (unpaired) electrons. The van der Waals surface area contributed by atoms with Crippen LogP contribution in [-0.2, 0) is 0 Å². The van der Waals surface area contributed by atoms with E-state index in [1.807, 2.05) is 20.8 Å². The molecule has 0 aromatic heterocycles. The average Bonchev–Trinajstić information content (AvgIpc) is 2.26. The van der Waals surface area contributed by atoms with Gasteiger partial charge in [-0.2, -0.15) is 0 Å². The Kier molecular flexibility index (Phi) is 4.30. The molecule has 16 heavy (non-hydrogen) atoms. The van der Waals surface area contributed by atoms with Crippen molar-refractivity contribution >= 4 is 0 Å². The number of methoxy groups -OCH3 is 1. The monoisotopic (exact) mass is 225 g/mol. The Labute approximate surface area is 96.6 Å². The highest BCUT2D eigenvalue weighted by Gasteiger charge is 2.23. The first-order valence-electron chi connectivity index (χ1n) is 5.57. The fraction of sp³-hybridized carbons (Fsp3) is 0.538. The second-order valence-electron chi connectivity index (χ2n) is 4.47. The maximum absolute atomic E-state index is 13.8. The first-order chi connectivity index (χ1) is 7.49. The highest BCUT2D eigenvalue weighted by atomic mass is 19.1. The van der Waals surface area contributed by atoms with E-state index in [4.69, 9.17) is 10.5 Å². The lowest BCUT2D eigenvalue weighted by atomic mass is 9.86. The molecule has 0 saturated heterocycles. The number of ether oxygens (including phenoxy) is 1. The zero-order chi connectivity index (χ0) is 12.3. The summed E-state index contributed by atoms with van der Waals surface area (Å²) in [5.41, 5.74) is 6.64. The fourth-order valence-corrected chi connectivity index (χ4v) is 1.91. The molecule has 0 bridgehead atoms. The zero-order valence-electron chi connectivity index (χ0n) is 10.3. The molecular weight excluding hydrogens is 205 g/mol. The van der Waals surface area contributed by atoms with Gasteiger partial charge in [0.2, 0.25) is 0 Å². The summed E-state index contributed by atoms with van der Waals surface area (Å²) in [6, 6.07) is 4.78. The molecule has 2 nitrogen and oxygen atoms in total. The van der Waals surface area contributed by atoms with Gasteiger partial charge in [0.1, 0.15) is 11.6 Å². The van der Waals surface area contributed by atoms with Crippen molar-refractivity contribution in [3.8, 4) is 5.75 Å². The molecular formula is C13H20FNO. The fourth-order valence-electron chi connectivity index (χ4n) is 1.91. The summed E-state index contributed by atoms with van der Waals surface area (Å²) in [5.74, 6) is 0.571. The molecule has 2 N–H and O–H groups in total. The van der Waals surface area contributed by atoms with Crippen molar-refractivity contribution in [1.82, 2.24) is 0 Å². The van der Waals surface area contributed by atoms with Crippen LogP contribution in [0.1, 0.15) is 32.3 Å². The van der Waals surface area contributed by atoms with Crippen LogP contribution in [0.5, 0.6) is 5.75 Å². The summed E-state index contributed by atoms with van der Waals surface area (Å²) >= 11 is 0. The standard InChI is InChI=1S/C13H20FNO/c1-8(2)13(15)9(3)12-10(14)6-5-7-11(12)16-4/h5-9,13H,15H2,1-4H3. The van der Waals surface area contributed by atoms with E-state index in [0.717, 1.165) is 0 Å². The summed E-state index contributed by atoms with van der Waals surface area (Å²) in [7, 11) is 1.55. The third-order valence-electron chi connectivity index (χ3n) is 3.04. The van der Waals surface area contributed by atoms with E-state index in [-0.39, 0.29) is 17.8 Å². The average molecular weight is 225 g/mol. The van der Waals surface area contributed by atoms with Crippen LogP contribution < -0.4 is 10.5 Å². The van der Waals surface area contributed by atoms with Crippen LogP contribution in [0.2, 0.25) is 0 Å². The number of nitrogens with two attached hydrogens (primary N) is 1. The van der Waals surface area contributed by atoms with Gasteiger partial charge in [0.05, 0.1) is 7.11 Å². The summed E-state index contributed by atoms with van der Waals surface area (Å²) in [4.78, 5) is 0. The van der Waals surface area contributed by atoms with Gasteiger partial charge in [-0.1, -0.05) is 26.8 Å². The number of benzene rings is 1. The molecule has 0 aliphatic heterocycles. The summed E-state index contributed by atoms with van der Waals surface area (Å²) in [6.45, 7) is 6.01. The Balaban J connectivity index is 3.11. The number of hydrogen-bond donors (Lipinski definition) is 1. The van der Waals surface area contributed by atoms with E-state index in [1.165, 1.54) is 6.07 Å². The molecule has 1 rings (SSSR count). The molecule has 0 saturated carbocycles. The second-order valence-corrected chi connectivity index (χ2v) is 4.47. The first-order valence-corrected chi connectivity index (χ1v) is 5.57. The molecule has 1 aromatic carbocycles. The van der Waals surface area contributed by atoms with Gasteiger partial charge in [0.15, 0.2) is 0 Å². The molecule has 2 atom stereocenters. The van der Waals surface area contributed by atoms with Crippen LogP contribution in [0.25, 0.3) is 0 Å². The maximum Gasteiger partial charge on any atom is 0.130 e. The van der Waals surface area contributed by atoms with E-state index in [1.54, 1.807) is 19.2 Å². The third kappa shape index (κ3) is 2.53. The normalized spacial score (nSPS) is 14.9. The van der Waals surface area contributed by atoms with Crippen LogP contribution in [0.15, 0.2) is 18.2 Å². The Hall–Kier alpha value is -1.09. The first kappa shape index (κ1) is 13.0. The second kappa shape index (κ2) is 5.30.